The van der Waals surface area contributed by atoms with Crippen molar-refractivity contribution in [3.8, 4) is 0 Å². The molecule has 1 heterocycles. The molecule has 0 N–H and O–H groups in total. The highest BCUT2D eigenvalue weighted by molar-refractivity contribution is 6.21. The number of ether oxygens (including phenoxy) is 1. The Morgan fingerprint density at radius 1 is 1.62 bits per heavy atom. The van der Waals surface area contributed by atoms with Crippen LogP contribution in [0, 0.1) is 5.92 Å². The molecule has 1 aliphatic heterocycles. The normalized spacial score (nSPS) is 41.1. The SMILES string of the molecule is CC(Cl)C12CCCCC1CC(=O)O2. The smallest absolute Gasteiger partial charge is 0.306 e. The number of esters is 1. The van der Waals surface area contributed by atoms with E-state index < -0.39 is 0 Å². The number of alkyl halides is 1. The molecule has 0 bridgehead atoms. The van der Waals surface area contributed by atoms with Crippen LogP contribution in [0.25, 0.3) is 0 Å². The number of fused-ring (bicyclic) bond motifs is 1. The zero-order valence-corrected chi connectivity index (χ0v) is 8.64. The Morgan fingerprint density at radius 3 is 3.00 bits per heavy atom. The summed E-state index contributed by atoms with van der Waals surface area (Å²) in [6, 6.07) is 0. The van der Waals surface area contributed by atoms with Gasteiger partial charge in [0, 0.05) is 5.92 Å². The van der Waals surface area contributed by atoms with Gasteiger partial charge in [-0.3, -0.25) is 4.79 Å². The fourth-order valence-corrected chi connectivity index (χ4v) is 3.04. The molecule has 0 amide bonds. The fraction of sp³-hybridized carbons (Fsp3) is 0.900. The van der Waals surface area contributed by atoms with Gasteiger partial charge in [0.1, 0.15) is 5.60 Å². The lowest BCUT2D eigenvalue weighted by Gasteiger charge is -2.39. The predicted octanol–water partition coefficient (Wildman–Crippen LogP) is 2.49. The van der Waals surface area contributed by atoms with Crippen LogP contribution in [0.5, 0.6) is 0 Å². The first kappa shape index (κ1) is 9.32. The summed E-state index contributed by atoms with van der Waals surface area (Å²) in [5.74, 6) is 0.320. The minimum atomic E-state index is -0.323. The molecule has 2 aliphatic rings. The van der Waals surface area contributed by atoms with Gasteiger partial charge in [-0.15, -0.1) is 11.6 Å². The third-order valence-electron chi connectivity index (χ3n) is 3.45. The van der Waals surface area contributed by atoms with E-state index in [1.54, 1.807) is 0 Å². The monoisotopic (exact) mass is 202 g/mol. The van der Waals surface area contributed by atoms with Gasteiger partial charge in [-0.2, -0.15) is 0 Å². The summed E-state index contributed by atoms with van der Waals surface area (Å²) < 4.78 is 5.44. The fourth-order valence-electron chi connectivity index (χ4n) is 2.71. The minimum Gasteiger partial charge on any atom is -0.457 e. The average Bonchev–Trinajstić information content (AvgIpc) is 2.41. The van der Waals surface area contributed by atoms with Gasteiger partial charge in [0.15, 0.2) is 0 Å². The molecule has 2 rings (SSSR count). The lowest BCUT2D eigenvalue weighted by atomic mass is 9.74. The van der Waals surface area contributed by atoms with Gasteiger partial charge in [0.25, 0.3) is 0 Å². The van der Waals surface area contributed by atoms with Crippen molar-refractivity contribution >= 4 is 17.6 Å². The highest BCUT2D eigenvalue weighted by atomic mass is 35.5. The molecule has 0 spiro atoms. The molecule has 74 valence electrons. The van der Waals surface area contributed by atoms with Crippen LogP contribution in [-0.2, 0) is 9.53 Å². The van der Waals surface area contributed by atoms with Crippen LogP contribution >= 0.6 is 11.6 Å². The average molecular weight is 203 g/mol. The standard InChI is InChI=1S/C10H15ClO2/c1-7(11)10-5-3-2-4-8(10)6-9(12)13-10/h7-8H,2-6H2,1H3. The predicted molar refractivity (Wildman–Crippen MR) is 50.7 cm³/mol. The number of hydrogen-bond donors (Lipinski definition) is 0. The van der Waals surface area contributed by atoms with Crippen molar-refractivity contribution in [3.63, 3.8) is 0 Å². The van der Waals surface area contributed by atoms with E-state index in [-0.39, 0.29) is 16.9 Å². The van der Waals surface area contributed by atoms with Crippen molar-refractivity contribution in [2.75, 3.05) is 0 Å². The van der Waals surface area contributed by atoms with Gasteiger partial charge in [-0.25, -0.2) is 0 Å². The summed E-state index contributed by atoms with van der Waals surface area (Å²) in [5.41, 5.74) is -0.323. The number of carbonyl (C=O) groups is 1. The Labute approximate surface area is 83.6 Å². The molecule has 13 heavy (non-hydrogen) atoms. The van der Waals surface area contributed by atoms with E-state index in [0.29, 0.717) is 12.3 Å². The number of hydrogen-bond acceptors (Lipinski definition) is 2. The summed E-state index contributed by atoms with van der Waals surface area (Å²) in [5, 5.41) is -0.0516. The third kappa shape index (κ3) is 1.35. The van der Waals surface area contributed by atoms with Gasteiger partial charge in [-0.1, -0.05) is 6.42 Å². The molecule has 2 fully saturated rings. The highest BCUT2D eigenvalue weighted by Gasteiger charge is 2.52. The Kier molecular flexibility index (Phi) is 2.26. The van der Waals surface area contributed by atoms with Crippen LogP contribution in [0.4, 0.5) is 0 Å². The van der Waals surface area contributed by atoms with E-state index in [1.165, 1.54) is 6.42 Å². The van der Waals surface area contributed by atoms with Crippen LogP contribution in [0.1, 0.15) is 39.0 Å². The van der Waals surface area contributed by atoms with Crippen molar-refractivity contribution in [2.45, 2.75) is 50.0 Å². The maximum absolute atomic E-state index is 11.2. The maximum atomic E-state index is 11.2. The van der Waals surface area contributed by atoms with E-state index in [9.17, 15) is 4.79 Å². The molecule has 0 aromatic rings. The van der Waals surface area contributed by atoms with E-state index in [1.807, 2.05) is 6.92 Å². The number of halogens is 1. The third-order valence-corrected chi connectivity index (χ3v) is 3.82. The highest BCUT2D eigenvalue weighted by Crippen LogP contribution is 2.47. The number of rotatable bonds is 1. The molecular formula is C10H15ClO2. The van der Waals surface area contributed by atoms with Gasteiger partial charge in [-0.05, 0) is 26.2 Å². The Morgan fingerprint density at radius 2 is 2.38 bits per heavy atom. The second kappa shape index (κ2) is 3.16. The van der Waals surface area contributed by atoms with Crippen molar-refractivity contribution in [2.24, 2.45) is 5.92 Å². The molecule has 2 nitrogen and oxygen atoms in total. The van der Waals surface area contributed by atoms with E-state index in [2.05, 4.69) is 0 Å². The molecule has 0 aromatic carbocycles. The lowest BCUT2D eigenvalue weighted by Crippen LogP contribution is -2.45. The Bertz CT molecular complexity index is 227. The van der Waals surface area contributed by atoms with E-state index in [4.69, 9.17) is 16.3 Å². The summed E-state index contributed by atoms with van der Waals surface area (Å²) in [7, 11) is 0. The number of carbonyl (C=O) groups excluding carboxylic acids is 1. The molecular weight excluding hydrogens is 188 g/mol. The van der Waals surface area contributed by atoms with Crippen LogP contribution in [0.2, 0.25) is 0 Å². The topological polar surface area (TPSA) is 26.3 Å². The van der Waals surface area contributed by atoms with Crippen molar-refractivity contribution in [3.05, 3.63) is 0 Å². The van der Waals surface area contributed by atoms with Crippen LogP contribution in [0.3, 0.4) is 0 Å². The molecule has 3 heteroatoms. The van der Waals surface area contributed by atoms with Gasteiger partial charge in [0.05, 0.1) is 11.8 Å². The summed E-state index contributed by atoms with van der Waals surface area (Å²) in [6.45, 7) is 1.94. The Hall–Kier alpha value is -0.240. The van der Waals surface area contributed by atoms with Crippen molar-refractivity contribution < 1.29 is 9.53 Å². The summed E-state index contributed by atoms with van der Waals surface area (Å²) in [4.78, 5) is 11.2. The quantitative estimate of drug-likeness (QED) is 0.483. The Balaban J connectivity index is 2.24. The van der Waals surface area contributed by atoms with E-state index in [0.717, 1.165) is 19.3 Å². The second-order valence-electron chi connectivity index (χ2n) is 4.19. The first-order chi connectivity index (χ1) is 6.15. The van der Waals surface area contributed by atoms with E-state index >= 15 is 0 Å². The van der Waals surface area contributed by atoms with Crippen LogP contribution in [0.15, 0.2) is 0 Å². The van der Waals surface area contributed by atoms with Gasteiger partial charge in [0.2, 0.25) is 0 Å². The lowest BCUT2D eigenvalue weighted by molar-refractivity contribution is -0.151. The minimum absolute atomic E-state index is 0.0516. The van der Waals surface area contributed by atoms with Crippen LogP contribution < -0.4 is 0 Å². The van der Waals surface area contributed by atoms with Crippen molar-refractivity contribution in [1.29, 1.82) is 0 Å². The summed E-state index contributed by atoms with van der Waals surface area (Å²) >= 11 is 6.14. The van der Waals surface area contributed by atoms with Crippen LogP contribution in [-0.4, -0.2) is 16.9 Å². The molecule has 3 atom stereocenters. The second-order valence-corrected chi connectivity index (χ2v) is 4.85. The maximum Gasteiger partial charge on any atom is 0.306 e. The molecule has 1 aliphatic carbocycles. The zero-order valence-electron chi connectivity index (χ0n) is 7.88. The largest absolute Gasteiger partial charge is 0.457 e. The first-order valence-corrected chi connectivity index (χ1v) is 5.45. The van der Waals surface area contributed by atoms with Gasteiger partial charge < -0.3 is 4.74 Å². The zero-order chi connectivity index (χ0) is 9.47. The molecule has 0 aromatic heterocycles. The summed E-state index contributed by atoms with van der Waals surface area (Å²) in [6.07, 6.45) is 4.99. The van der Waals surface area contributed by atoms with Gasteiger partial charge >= 0.3 is 5.97 Å². The first-order valence-electron chi connectivity index (χ1n) is 5.01. The molecule has 1 saturated carbocycles. The molecule has 0 radical (unpaired) electrons. The molecule has 1 saturated heterocycles. The molecule has 3 unspecified atom stereocenters. The van der Waals surface area contributed by atoms with Crippen molar-refractivity contribution in [1.82, 2.24) is 0 Å².